The number of hydrogen-bond donors (Lipinski definition) is 1. The van der Waals surface area contributed by atoms with E-state index in [0.717, 1.165) is 60.8 Å². The molecule has 1 aliphatic heterocycles. The molecule has 4 aromatic rings. The van der Waals surface area contributed by atoms with Gasteiger partial charge in [0.2, 0.25) is 5.91 Å². The van der Waals surface area contributed by atoms with Crippen molar-refractivity contribution < 1.29 is 4.79 Å². The van der Waals surface area contributed by atoms with Crippen molar-refractivity contribution in [3.05, 3.63) is 65.1 Å². The molecular formula is C25H28N6O2. The van der Waals surface area contributed by atoms with E-state index in [1.165, 1.54) is 0 Å². The molecule has 0 spiro atoms. The monoisotopic (exact) mass is 444 g/mol. The molecule has 3 heterocycles. The summed E-state index contributed by atoms with van der Waals surface area (Å²) in [5.41, 5.74) is 2.41. The van der Waals surface area contributed by atoms with Crippen LogP contribution in [-0.4, -0.2) is 44.9 Å². The number of aryl methyl sites for hydroxylation is 2. The van der Waals surface area contributed by atoms with Gasteiger partial charge in [-0.2, -0.15) is 5.10 Å². The van der Waals surface area contributed by atoms with Crippen molar-refractivity contribution in [1.29, 1.82) is 0 Å². The maximum Gasteiger partial charge on any atom is 0.294 e. The summed E-state index contributed by atoms with van der Waals surface area (Å²) in [6, 6.07) is 15.6. The minimum absolute atomic E-state index is 0.0591. The van der Waals surface area contributed by atoms with Gasteiger partial charge < -0.3 is 14.8 Å². The number of para-hydroxylation sites is 2. The minimum atomic E-state index is -0.117. The normalized spacial score (nSPS) is 13.8. The summed E-state index contributed by atoms with van der Waals surface area (Å²) >= 11 is 0. The summed E-state index contributed by atoms with van der Waals surface area (Å²) in [5, 5.41) is 8.63. The molecule has 2 aromatic heterocycles. The van der Waals surface area contributed by atoms with E-state index in [-0.39, 0.29) is 17.9 Å². The van der Waals surface area contributed by atoms with Gasteiger partial charge in [0.1, 0.15) is 0 Å². The van der Waals surface area contributed by atoms with Crippen LogP contribution in [0.5, 0.6) is 0 Å². The summed E-state index contributed by atoms with van der Waals surface area (Å²) in [6.45, 7) is 3.35. The van der Waals surface area contributed by atoms with E-state index in [9.17, 15) is 9.59 Å². The van der Waals surface area contributed by atoms with Gasteiger partial charge in [0, 0.05) is 50.7 Å². The highest BCUT2D eigenvalue weighted by Gasteiger charge is 2.20. The predicted octanol–water partition coefficient (Wildman–Crippen LogP) is 2.94. The highest BCUT2D eigenvalue weighted by atomic mass is 16.2. The van der Waals surface area contributed by atoms with E-state index >= 15 is 0 Å². The van der Waals surface area contributed by atoms with Crippen LogP contribution in [-0.2, 0) is 17.9 Å². The van der Waals surface area contributed by atoms with E-state index in [2.05, 4.69) is 20.3 Å². The molecule has 8 nitrogen and oxygen atoms in total. The largest absolute Gasteiger partial charge is 0.356 e. The molecule has 1 fully saturated rings. The Morgan fingerprint density at radius 1 is 0.970 bits per heavy atom. The Balaban J connectivity index is 1.19. The average Bonchev–Trinajstić information content (AvgIpc) is 3.51. The van der Waals surface area contributed by atoms with Crippen molar-refractivity contribution in [2.45, 2.75) is 38.8 Å². The Labute approximate surface area is 191 Å². The molecule has 1 amide bonds. The van der Waals surface area contributed by atoms with Gasteiger partial charge in [-0.1, -0.05) is 30.3 Å². The van der Waals surface area contributed by atoms with E-state index in [4.69, 9.17) is 0 Å². The number of amides is 1. The van der Waals surface area contributed by atoms with Crippen LogP contribution in [0.1, 0.15) is 25.7 Å². The standard InChI is InChI=1S/C25H28N6O2/c32-23(26-13-7-16-30-18-19-8-1-2-9-20(19)28-30)12-17-31-22-11-4-3-10-21(22)27-24(25(31)33)29-14-5-6-15-29/h1-4,8-11,18H,5-7,12-17H2,(H,26,32). The molecule has 33 heavy (non-hydrogen) atoms. The second-order valence-corrected chi connectivity index (χ2v) is 8.48. The van der Waals surface area contributed by atoms with Gasteiger partial charge in [-0.25, -0.2) is 4.98 Å². The molecule has 0 unspecified atom stereocenters. The van der Waals surface area contributed by atoms with Gasteiger partial charge in [-0.3, -0.25) is 14.3 Å². The highest BCUT2D eigenvalue weighted by molar-refractivity contribution is 5.78. The minimum Gasteiger partial charge on any atom is -0.356 e. The molecule has 0 atom stereocenters. The third-order valence-electron chi connectivity index (χ3n) is 6.15. The molecule has 2 aromatic carbocycles. The number of rotatable bonds is 8. The molecule has 0 saturated carbocycles. The Bertz CT molecular complexity index is 1300. The van der Waals surface area contributed by atoms with Gasteiger partial charge in [0.05, 0.1) is 16.6 Å². The third kappa shape index (κ3) is 4.60. The Hall–Kier alpha value is -3.68. The molecule has 0 bridgehead atoms. The molecule has 1 N–H and O–H groups in total. The summed E-state index contributed by atoms with van der Waals surface area (Å²) < 4.78 is 3.62. The maximum atomic E-state index is 13.2. The summed E-state index contributed by atoms with van der Waals surface area (Å²) in [4.78, 5) is 32.4. The SMILES string of the molecule is O=C(CCn1c(=O)c(N2CCCC2)nc2ccccc21)NCCCn1cc2ccccc2n1. The number of aromatic nitrogens is 4. The second-order valence-electron chi connectivity index (χ2n) is 8.48. The zero-order valence-corrected chi connectivity index (χ0v) is 18.6. The number of nitrogens with zero attached hydrogens (tertiary/aromatic N) is 5. The van der Waals surface area contributed by atoms with Crippen molar-refractivity contribution in [2.75, 3.05) is 24.5 Å². The van der Waals surface area contributed by atoms with Crippen LogP contribution in [0.25, 0.3) is 21.9 Å². The van der Waals surface area contributed by atoms with Crippen LogP contribution in [0.3, 0.4) is 0 Å². The number of fused-ring (bicyclic) bond motifs is 2. The van der Waals surface area contributed by atoms with Crippen molar-refractivity contribution in [1.82, 2.24) is 24.6 Å². The molecule has 170 valence electrons. The molecule has 0 aliphatic carbocycles. The summed E-state index contributed by atoms with van der Waals surface area (Å²) in [6.07, 6.45) is 5.21. The molecule has 8 heteroatoms. The fourth-order valence-corrected chi connectivity index (χ4v) is 4.44. The van der Waals surface area contributed by atoms with Crippen molar-refractivity contribution in [3.8, 4) is 0 Å². The number of benzene rings is 2. The quantitative estimate of drug-likeness (QED) is 0.423. The fraction of sp³-hybridized carbons (Fsp3) is 0.360. The van der Waals surface area contributed by atoms with Gasteiger partial charge in [0.25, 0.3) is 5.56 Å². The van der Waals surface area contributed by atoms with Crippen LogP contribution >= 0.6 is 0 Å². The average molecular weight is 445 g/mol. The van der Waals surface area contributed by atoms with Gasteiger partial charge in [-0.15, -0.1) is 0 Å². The zero-order valence-electron chi connectivity index (χ0n) is 18.6. The zero-order chi connectivity index (χ0) is 22.6. The van der Waals surface area contributed by atoms with Gasteiger partial charge >= 0.3 is 0 Å². The Kier molecular flexibility index (Phi) is 6.06. The van der Waals surface area contributed by atoms with Crippen LogP contribution in [0.2, 0.25) is 0 Å². The van der Waals surface area contributed by atoms with Crippen molar-refractivity contribution >= 4 is 33.7 Å². The molecule has 1 aliphatic rings. The number of nitrogens with one attached hydrogen (secondary N) is 1. The molecule has 0 radical (unpaired) electrons. The Morgan fingerprint density at radius 3 is 2.55 bits per heavy atom. The maximum absolute atomic E-state index is 13.2. The summed E-state index contributed by atoms with van der Waals surface area (Å²) in [5.74, 6) is 0.439. The Morgan fingerprint density at radius 2 is 1.73 bits per heavy atom. The van der Waals surface area contributed by atoms with Gasteiger partial charge in [-0.05, 0) is 37.5 Å². The highest BCUT2D eigenvalue weighted by Crippen LogP contribution is 2.18. The third-order valence-corrected chi connectivity index (χ3v) is 6.15. The molecule has 1 saturated heterocycles. The van der Waals surface area contributed by atoms with Gasteiger partial charge in [0.15, 0.2) is 5.82 Å². The van der Waals surface area contributed by atoms with Crippen LogP contribution in [0.4, 0.5) is 5.82 Å². The number of carbonyl (C=O) groups excluding carboxylic acids is 1. The van der Waals surface area contributed by atoms with E-state index < -0.39 is 0 Å². The van der Waals surface area contributed by atoms with Crippen molar-refractivity contribution in [3.63, 3.8) is 0 Å². The van der Waals surface area contributed by atoms with E-state index in [1.54, 1.807) is 4.57 Å². The molecular weight excluding hydrogens is 416 g/mol. The first-order valence-corrected chi connectivity index (χ1v) is 11.6. The van der Waals surface area contributed by atoms with Crippen molar-refractivity contribution in [2.24, 2.45) is 0 Å². The number of hydrogen-bond acceptors (Lipinski definition) is 5. The lowest BCUT2D eigenvalue weighted by Crippen LogP contribution is -2.33. The number of anilines is 1. The van der Waals surface area contributed by atoms with Crippen LogP contribution in [0.15, 0.2) is 59.5 Å². The first-order valence-electron chi connectivity index (χ1n) is 11.6. The second kappa shape index (κ2) is 9.44. The predicted molar refractivity (Wildman–Crippen MR) is 129 cm³/mol. The smallest absolute Gasteiger partial charge is 0.294 e. The lowest BCUT2D eigenvalue weighted by molar-refractivity contribution is -0.121. The van der Waals surface area contributed by atoms with E-state index in [0.29, 0.717) is 18.9 Å². The lowest BCUT2D eigenvalue weighted by Gasteiger charge is -2.19. The lowest BCUT2D eigenvalue weighted by atomic mass is 10.2. The fourth-order valence-electron chi connectivity index (χ4n) is 4.44. The van der Waals surface area contributed by atoms with Crippen LogP contribution in [0, 0.1) is 0 Å². The first kappa shape index (κ1) is 21.2. The van der Waals surface area contributed by atoms with Crippen LogP contribution < -0.4 is 15.8 Å². The molecule has 5 rings (SSSR count). The van der Waals surface area contributed by atoms with E-state index in [1.807, 2.05) is 59.4 Å². The number of carbonyl (C=O) groups is 1. The topological polar surface area (TPSA) is 85.0 Å². The summed E-state index contributed by atoms with van der Waals surface area (Å²) in [7, 11) is 0. The first-order chi connectivity index (χ1) is 16.2.